The van der Waals surface area contributed by atoms with Gasteiger partial charge in [0.25, 0.3) is 0 Å². The number of carbonyl (C=O) groups excluding carboxylic acids is 1. The number of carbonyl (C=O) groups is 1. The van der Waals surface area contributed by atoms with Crippen LogP contribution < -0.4 is 5.73 Å². The summed E-state index contributed by atoms with van der Waals surface area (Å²) < 4.78 is 5.85. The van der Waals surface area contributed by atoms with Gasteiger partial charge in [-0.1, -0.05) is 50.5 Å². The van der Waals surface area contributed by atoms with E-state index in [0.717, 1.165) is 44.9 Å². The van der Waals surface area contributed by atoms with Crippen molar-refractivity contribution in [3.05, 3.63) is 24.3 Å². The first-order valence-corrected chi connectivity index (χ1v) is 10.6. The molecule has 1 fully saturated rings. The maximum atomic E-state index is 10.8. The van der Waals surface area contributed by atoms with Crippen molar-refractivity contribution in [3.8, 4) is 0 Å². The lowest BCUT2D eigenvalue weighted by molar-refractivity contribution is -0.118. The van der Waals surface area contributed by atoms with Gasteiger partial charge in [-0.25, -0.2) is 0 Å². The Bertz CT molecular complexity index is 463. The summed E-state index contributed by atoms with van der Waals surface area (Å²) in [6.45, 7) is 4.75. The molecule has 4 N–H and O–H groups in total. The summed E-state index contributed by atoms with van der Waals surface area (Å²) in [6, 6.07) is 0. The molecule has 156 valence electrons. The highest BCUT2D eigenvalue weighted by molar-refractivity contribution is 5.73. The first-order valence-electron chi connectivity index (χ1n) is 10.6. The molecule has 0 aliphatic heterocycles. The molecule has 0 bridgehead atoms. The average Bonchev–Trinajstić information content (AvgIpc) is 2.91. The number of primary amides is 1. The summed E-state index contributed by atoms with van der Waals surface area (Å²) in [4.78, 5) is 10.8. The van der Waals surface area contributed by atoms with Crippen molar-refractivity contribution in [2.75, 3.05) is 6.61 Å². The van der Waals surface area contributed by atoms with Crippen LogP contribution in [0.4, 0.5) is 0 Å². The Balaban J connectivity index is 2.60. The van der Waals surface area contributed by atoms with Gasteiger partial charge in [0.15, 0.2) is 0 Å². The number of ether oxygens (including phenoxy) is 1. The fourth-order valence-electron chi connectivity index (χ4n) is 3.80. The molecule has 0 radical (unpaired) electrons. The minimum Gasteiger partial charge on any atom is -0.393 e. The van der Waals surface area contributed by atoms with Gasteiger partial charge in [-0.15, -0.1) is 0 Å². The van der Waals surface area contributed by atoms with Crippen LogP contribution in [0.2, 0.25) is 0 Å². The van der Waals surface area contributed by atoms with Crippen LogP contribution in [0.5, 0.6) is 0 Å². The van der Waals surface area contributed by atoms with E-state index in [4.69, 9.17) is 10.5 Å². The van der Waals surface area contributed by atoms with Crippen LogP contribution in [-0.2, 0) is 9.53 Å². The van der Waals surface area contributed by atoms with Crippen molar-refractivity contribution < 1.29 is 19.7 Å². The van der Waals surface area contributed by atoms with Crippen molar-refractivity contribution >= 4 is 5.91 Å². The summed E-state index contributed by atoms with van der Waals surface area (Å²) in [5.74, 6) is -0.0686. The van der Waals surface area contributed by atoms with Crippen LogP contribution in [0.1, 0.15) is 71.6 Å². The third-order valence-electron chi connectivity index (χ3n) is 5.30. The van der Waals surface area contributed by atoms with Gasteiger partial charge in [0.1, 0.15) is 0 Å². The van der Waals surface area contributed by atoms with Crippen molar-refractivity contribution in [2.45, 2.75) is 89.9 Å². The number of rotatable bonds is 14. The number of nitrogens with two attached hydrogens (primary N) is 1. The van der Waals surface area contributed by atoms with Gasteiger partial charge >= 0.3 is 0 Å². The zero-order chi connectivity index (χ0) is 20.1. The van der Waals surface area contributed by atoms with Crippen LogP contribution in [0, 0.1) is 11.8 Å². The van der Waals surface area contributed by atoms with Crippen molar-refractivity contribution in [1.82, 2.24) is 0 Å². The summed E-state index contributed by atoms with van der Waals surface area (Å²) in [5.41, 5.74) is 5.14. The highest BCUT2D eigenvalue weighted by atomic mass is 16.5. The molecule has 0 spiro atoms. The van der Waals surface area contributed by atoms with Gasteiger partial charge in [0.05, 0.1) is 18.3 Å². The van der Waals surface area contributed by atoms with Gasteiger partial charge in [-0.3, -0.25) is 4.79 Å². The first-order chi connectivity index (χ1) is 13.0. The largest absolute Gasteiger partial charge is 0.393 e. The fraction of sp³-hybridized carbons (Fsp3) is 0.773. The van der Waals surface area contributed by atoms with Crippen LogP contribution in [-0.4, -0.2) is 41.0 Å². The van der Waals surface area contributed by atoms with E-state index in [1.807, 2.05) is 13.0 Å². The van der Waals surface area contributed by atoms with E-state index >= 15 is 0 Å². The number of hydrogen-bond donors (Lipinski definition) is 3. The highest BCUT2D eigenvalue weighted by Crippen LogP contribution is 2.38. The Kier molecular flexibility index (Phi) is 12.3. The molecule has 0 aromatic rings. The van der Waals surface area contributed by atoms with E-state index in [9.17, 15) is 15.0 Å². The van der Waals surface area contributed by atoms with Gasteiger partial charge < -0.3 is 20.7 Å². The predicted molar refractivity (Wildman–Crippen MR) is 109 cm³/mol. The number of amides is 1. The molecular formula is C22H39NO4. The Morgan fingerprint density at radius 2 is 2.04 bits per heavy atom. The number of hydrogen-bond acceptors (Lipinski definition) is 4. The zero-order valence-electron chi connectivity index (χ0n) is 17.1. The van der Waals surface area contributed by atoms with Crippen molar-refractivity contribution in [2.24, 2.45) is 17.6 Å². The third-order valence-corrected chi connectivity index (χ3v) is 5.30. The minimum atomic E-state index is -0.429. The number of unbranched alkanes of at least 4 members (excludes halogenated alkanes) is 3. The SMILES string of the molecule is CCCCCC(O)C=CC1C(OCC)CC(O)C1CC=CCCCC(N)=O. The van der Waals surface area contributed by atoms with Crippen molar-refractivity contribution in [1.29, 1.82) is 0 Å². The molecule has 0 aromatic heterocycles. The standard InChI is InChI=1S/C22H39NO4/c1-3-5-8-11-17(24)14-15-19-18(20(25)16-21(19)27-4-2)12-9-6-7-10-13-22(23)26/h6,9,14-15,17-21,24-25H,3-5,7-8,10-13,16H2,1-2H3,(H2,23,26). The molecule has 5 atom stereocenters. The molecule has 5 unspecified atom stereocenters. The Hall–Kier alpha value is -1.17. The minimum absolute atomic E-state index is 0.00245. The van der Waals surface area contributed by atoms with E-state index in [1.165, 1.54) is 0 Å². The average molecular weight is 382 g/mol. The van der Waals surface area contributed by atoms with Crippen LogP contribution in [0.25, 0.3) is 0 Å². The Labute approximate surface area is 164 Å². The second kappa shape index (κ2) is 13.9. The zero-order valence-corrected chi connectivity index (χ0v) is 17.1. The quantitative estimate of drug-likeness (QED) is 0.317. The van der Waals surface area contributed by atoms with E-state index in [2.05, 4.69) is 25.2 Å². The maximum absolute atomic E-state index is 10.8. The summed E-state index contributed by atoms with van der Waals surface area (Å²) in [6.07, 6.45) is 14.7. The molecule has 0 aromatic carbocycles. The van der Waals surface area contributed by atoms with E-state index in [1.54, 1.807) is 0 Å². The van der Waals surface area contributed by atoms with Crippen LogP contribution >= 0.6 is 0 Å². The van der Waals surface area contributed by atoms with E-state index < -0.39 is 12.2 Å². The third kappa shape index (κ3) is 9.54. The summed E-state index contributed by atoms with van der Waals surface area (Å²) in [5, 5.41) is 20.7. The van der Waals surface area contributed by atoms with E-state index in [-0.39, 0.29) is 23.8 Å². The predicted octanol–water partition coefficient (Wildman–Crippen LogP) is 3.49. The van der Waals surface area contributed by atoms with Crippen LogP contribution in [0.15, 0.2) is 24.3 Å². The molecule has 1 saturated carbocycles. The molecule has 27 heavy (non-hydrogen) atoms. The Morgan fingerprint density at radius 1 is 1.26 bits per heavy atom. The molecule has 5 nitrogen and oxygen atoms in total. The second-order valence-electron chi connectivity index (χ2n) is 7.55. The number of aliphatic hydroxyl groups excluding tert-OH is 2. The molecule has 1 rings (SSSR count). The molecule has 1 aliphatic carbocycles. The smallest absolute Gasteiger partial charge is 0.217 e. The highest BCUT2D eigenvalue weighted by Gasteiger charge is 2.40. The Morgan fingerprint density at radius 3 is 2.70 bits per heavy atom. The van der Waals surface area contributed by atoms with Gasteiger partial charge in [0, 0.05) is 25.4 Å². The maximum Gasteiger partial charge on any atom is 0.217 e. The molecule has 1 amide bonds. The second-order valence-corrected chi connectivity index (χ2v) is 7.55. The number of allylic oxidation sites excluding steroid dienone is 2. The summed E-state index contributed by atoms with van der Waals surface area (Å²) >= 11 is 0. The summed E-state index contributed by atoms with van der Waals surface area (Å²) in [7, 11) is 0. The molecule has 1 aliphatic rings. The molecule has 5 heteroatoms. The number of aliphatic hydroxyl groups is 2. The van der Waals surface area contributed by atoms with Crippen LogP contribution in [0.3, 0.4) is 0 Å². The molecule has 0 heterocycles. The normalized spacial score (nSPS) is 27.0. The lowest BCUT2D eigenvalue weighted by Gasteiger charge is -2.22. The topological polar surface area (TPSA) is 92.8 Å². The van der Waals surface area contributed by atoms with Crippen molar-refractivity contribution in [3.63, 3.8) is 0 Å². The first kappa shape index (κ1) is 23.9. The van der Waals surface area contributed by atoms with Gasteiger partial charge in [-0.05, 0) is 38.5 Å². The monoisotopic (exact) mass is 381 g/mol. The van der Waals surface area contributed by atoms with Gasteiger partial charge in [0.2, 0.25) is 5.91 Å². The van der Waals surface area contributed by atoms with Gasteiger partial charge in [-0.2, -0.15) is 0 Å². The van der Waals surface area contributed by atoms with E-state index in [0.29, 0.717) is 19.4 Å². The molecule has 0 saturated heterocycles. The lowest BCUT2D eigenvalue weighted by atomic mass is 9.89. The fourth-order valence-corrected chi connectivity index (χ4v) is 3.80. The lowest BCUT2D eigenvalue weighted by Crippen LogP contribution is -2.22. The molecular weight excluding hydrogens is 342 g/mol.